The maximum Gasteiger partial charge on any atom is 0.328 e. The fourth-order valence-electron chi connectivity index (χ4n) is 2.45. The second kappa shape index (κ2) is 11.2. The van der Waals surface area contributed by atoms with Crippen molar-refractivity contribution >= 4 is 17.8 Å². The summed E-state index contributed by atoms with van der Waals surface area (Å²) in [6, 6.07) is 4.93. The van der Waals surface area contributed by atoms with Gasteiger partial charge in [0.2, 0.25) is 5.91 Å². The lowest BCUT2D eigenvalue weighted by molar-refractivity contribution is -0.144. The van der Waals surface area contributed by atoms with Gasteiger partial charge in [0.15, 0.2) is 0 Å². The molecule has 0 saturated heterocycles. The lowest BCUT2D eigenvalue weighted by Gasteiger charge is -2.16. The fourth-order valence-corrected chi connectivity index (χ4v) is 2.45. The van der Waals surface area contributed by atoms with Crippen molar-refractivity contribution in [1.29, 1.82) is 0 Å². The monoisotopic (exact) mass is 374 g/mol. The zero-order valence-corrected chi connectivity index (χ0v) is 16.8. The van der Waals surface area contributed by atoms with E-state index in [1.807, 2.05) is 32.0 Å². The highest BCUT2D eigenvalue weighted by atomic mass is 16.5. The summed E-state index contributed by atoms with van der Waals surface area (Å²) in [6.07, 6.45) is 3.51. The molecule has 148 valence electrons. The highest BCUT2D eigenvalue weighted by Crippen LogP contribution is 2.10. The van der Waals surface area contributed by atoms with Crippen LogP contribution in [0.1, 0.15) is 54.6 Å². The Bertz CT molecular complexity index is 710. The van der Waals surface area contributed by atoms with Crippen molar-refractivity contribution in [2.75, 3.05) is 13.7 Å². The van der Waals surface area contributed by atoms with Crippen LogP contribution in [0, 0.1) is 13.8 Å². The standard InChI is InChI=1S/C21H30N2O4/c1-6-14(2)19(24)23-18(21(26)27-5)9-7-8-12-22-20(25)17-11-10-15(3)16(4)13-17/h6,10-11,13,18H,7-9,12H2,1-5H3,(H,22,25)(H,23,24)/b14-6+/t18-/m0/s1. The highest BCUT2D eigenvalue weighted by molar-refractivity contribution is 5.95. The van der Waals surface area contributed by atoms with Crippen molar-refractivity contribution in [3.05, 3.63) is 46.5 Å². The van der Waals surface area contributed by atoms with Crippen LogP contribution in [0.2, 0.25) is 0 Å². The largest absolute Gasteiger partial charge is 0.467 e. The van der Waals surface area contributed by atoms with E-state index in [0.717, 1.165) is 11.1 Å². The Morgan fingerprint density at radius 2 is 1.85 bits per heavy atom. The van der Waals surface area contributed by atoms with Gasteiger partial charge in [-0.15, -0.1) is 0 Å². The van der Waals surface area contributed by atoms with Gasteiger partial charge in [0, 0.05) is 17.7 Å². The molecular formula is C21H30N2O4. The molecule has 0 fully saturated rings. The second-order valence-corrected chi connectivity index (χ2v) is 6.57. The molecule has 1 aromatic carbocycles. The molecule has 1 aromatic rings. The number of aryl methyl sites for hydroxylation is 2. The van der Waals surface area contributed by atoms with Gasteiger partial charge in [0.05, 0.1) is 7.11 Å². The second-order valence-electron chi connectivity index (χ2n) is 6.57. The molecule has 0 unspecified atom stereocenters. The molecule has 6 heteroatoms. The van der Waals surface area contributed by atoms with Gasteiger partial charge in [-0.1, -0.05) is 12.1 Å². The average molecular weight is 374 g/mol. The minimum atomic E-state index is -0.687. The first-order valence-electron chi connectivity index (χ1n) is 9.17. The smallest absolute Gasteiger partial charge is 0.328 e. The van der Waals surface area contributed by atoms with Crippen molar-refractivity contribution < 1.29 is 19.1 Å². The first kappa shape index (κ1) is 22.4. The lowest BCUT2D eigenvalue weighted by Crippen LogP contribution is -2.42. The molecule has 2 N–H and O–H groups in total. The quantitative estimate of drug-likeness (QED) is 0.395. The van der Waals surface area contributed by atoms with Crippen LogP contribution in [0.5, 0.6) is 0 Å². The first-order valence-corrected chi connectivity index (χ1v) is 9.17. The summed E-state index contributed by atoms with van der Waals surface area (Å²) in [5.41, 5.74) is 3.41. The van der Waals surface area contributed by atoms with Crippen LogP contribution in [0.15, 0.2) is 29.8 Å². The predicted octanol–water partition coefficient (Wildman–Crippen LogP) is 2.83. The van der Waals surface area contributed by atoms with E-state index in [-0.39, 0.29) is 11.8 Å². The number of methoxy groups -OCH3 is 1. The summed E-state index contributed by atoms with van der Waals surface area (Å²) in [6.45, 7) is 7.93. The minimum Gasteiger partial charge on any atom is -0.467 e. The molecule has 0 aliphatic carbocycles. The Labute approximate surface area is 161 Å². The molecule has 0 spiro atoms. The third kappa shape index (κ3) is 7.25. The van der Waals surface area contributed by atoms with Gasteiger partial charge in [-0.25, -0.2) is 4.79 Å². The molecule has 27 heavy (non-hydrogen) atoms. The van der Waals surface area contributed by atoms with Crippen LogP contribution in [0.4, 0.5) is 0 Å². The summed E-state index contributed by atoms with van der Waals surface area (Å²) >= 11 is 0. The van der Waals surface area contributed by atoms with Crippen molar-refractivity contribution in [3.8, 4) is 0 Å². The van der Waals surface area contributed by atoms with E-state index in [2.05, 4.69) is 10.6 Å². The van der Waals surface area contributed by atoms with Crippen LogP contribution in [0.3, 0.4) is 0 Å². The molecule has 0 heterocycles. The summed E-state index contributed by atoms with van der Waals surface area (Å²) in [4.78, 5) is 36.0. The molecule has 0 aromatic heterocycles. The number of allylic oxidation sites excluding steroid dienone is 1. The van der Waals surface area contributed by atoms with E-state index in [9.17, 15) is 14.4 Å². The summed E-state index contributed by atoms with van der Waals surface area (Å²) in [7, 11) is 1.30. The number of rotatable bonds is 9. The van der Waals surface area contributed by atoms with Crippen LogP contribution < -0.4 is 10.6 Å². The molecule has 0 radical (unpaired) electrons. The molecule has 0 aliphatic rings. The van der Waals surface area contributed by atoms with Crippen LogP contribution >= 0.6 is 0 Å². The van der Waals surface area contributed by atoms with E-state index < -0.39 is 12.0 Å². The zero-order chi connectivity index (χ0) is 20.4. The number of hydrogen-bond acceptors (Lipinski definition) is 4. The van der Waals surface area contributed by atoms with Gasteiger partial charge < -0.3 is 15.4 Å². The number of ether oxygens (including phenoxy) is 1. The molecule has 1 rings (SSSR count). The van der Waals surface area contributed by atoms with E-state index in [4.69, 9.17) is 4.74 Å². The molecule has 6 nitrogen and oxygen atoms in total. The number of amides is 2. The Morgan fingerprint density at radius 1 is 1.15 bits per heavy atom. The third-order valence-electron chi connectivity index (χ3n) is 4.56. The van der Waals surface area contributed by atoms with E-state index in [1.54, 1.807) is 19.9 Å². The number of benzene rings is 1. The van der Waals surface area contributed by atoms with Crippen LogP contribution in [0.25, 0.3) is 0 Å². The van der Waals surface area contributed by atoms with Gasteiger partial charge in [0.1, 0.15) is 6.04 Å². The van der Waals surface area contributed by atoms with Gasteiger partial charge in [0.25, 0.3) is 5.91 Å². The Hall–Kier alpha value is -2.63. The van der Waals surface area contributed by atoms with Crippen LogP contribution in [-0.2, 0) is 14.3 Å². The summed E-state index contributed by atoms with van der Waals surface area (Å²) in [5.74, 6) is -0.859. The van der Waals surface area contributed by atoms with Crippen molar-refractivity contribution in [3.63, 3.8) is 0 Å². The van der Waals surface area contributed by atoms with Crippen molar-refractivity contribution in [2.24, 2.45) is 0 Å². The number of hydrogen-bond donors (Lipinski definition) is 2. The topological polar surface area (TPSA) is 84.5 Å². The van der Waals surface area contributed by atoms with Gasteiger partial charge in [-0.3, -0.25) is 9.59 Å². The number of carbonyl (C=O) groups excluding carboxylic acids is 3. The first-order chi connectivity index (χ1) is 12.8. The molecule has 2 amide bonds. The van der Waals surface area contributed by atoms with Gasteiger partial charge in [-0.2, -0.15) is 0 Å². The van der Waals surface area contributed by atoms with Gasteiger partial charge in [-0.05, 0) is 70.2 Å². The Kier molecular flexibility index (Phi) is 9.26. The zero-order valence-electron chi connectivity index (χ0n) is 16.8. The average Bonchev–Trinajstić information content (AvgIpc) is 2.67. The van der Waals surface area contributed by atoms with E-state index >= 15 is 0 Å². The number of esters is 1. The third-order valence-corrected chi connectivity index (χ3v) is 4.56. The maximum atomic E-state index is 12.2. The minimum absolute atomic E-state index is 0.111. The van der Waals surface area contributed by atoms with E-state index in [1.165, 1.54) is 7.11 Å². The highest BCUT2D eigenvalue weighted by Gasteiger charge is 2.21. The number of unbranched alkanes of at least 4 members (excludes halogenated alkanes) is 1. The van der Waals surface area contributed by atoms with Crippen molar-refractivity contribution in [1.82, 2.24) is 10.6 Å². The number of carbonyl (C=O) groups is 3. The Balaban J connectivity index is 2.44. The summed E-state index contributed by atoms with van der Waals surface area (Å²) < 4.78 is 4.76. The maximum absolute atomic E-state index is 12.2. The van der Waals surface area contributed by atoms with Crippen molar-refractivity contribution in [2.45, 2.75) is 53.0 Å². The normalized spacial score (nSPS) is 12.3. The fraction of sp³-hybridized carbons (Fsp3) is 0.476. The van der Waals surface area contributed by atoms with Crippen LogP contribution in [-0.4, -0.2) is 37.5 Å². The SMILES string of the molecule is C/C=C(\C)C(=O)N[C@@H](CCCCNC(=O)c1ccc(C)c(C)c1)C(=O)OC. The molecular weight excluding hydrogens is 344 g/mol. The Morgan fingerprint density at radius 3 is 2.44 bits per heavy atom. The lowest BCUT2D eigenvalue weighted by atomic mass is 10.1. The molecule has 1 atom stereocenters. The summed E-state index contributed by atoms with van der Waals surface area (Å²) in [5, 5.41) is 5.57. The number of nitrogens with one attached hydrogen (secondary N) is 2. The van der Waals surface area contributed by atoms with Gasteiger partial charge >= 0.3 is 5.97 Å². The molecule has 0 bridgehead atoms. The van der Waals surface area contributed by atoms with E-state index in [0.29, 0.717) is 36.9 Å². The molecule has 0 saturated carbocycles. The molecule has 0 aliphatic heterocycles. The predicted molar refractivity (Wildman–Crippen MR) is 105 cm³/mol.